The van der Waals surface area contributed by atoms with Crippen LogP contribution < -0.4 is 5.73 Å². The molecule has 0 radical (unpaired) electrons. The number of carboxylic acids is 1. The molecule has 10 heavy (non-hydrogen) atoms. The van der Waals surface area contributed by atoms with E-state index in [9.17, 15) is 4.79 Å². The molecule has 0 bridgehead atoms. The second-order valence-corrected chi connectivity index (χ2v) is 2.48. The summed E-state index contributed by atoms with van der Waals surface area (Å²) in [5, 5.41) is 17.4. The molecule has 3 atom stereocenters. The van der Waals surface area contributed by atoms with E-state index in [1.807, 2.05) is 0 Å². The summed E-state index contributed by atoms with van der Waals surface area (Å²) in [5.74, 6) is -1.81. The molecule has 0 aromatic carbocycles. The number of rotatable bonds is 3. The van der Waals surface area contributed by atoms with Crippen LogP contribution in [-0.2, 0) is 4.79 Å². The zero-order chi connectivity index (χ0) is 8.31. The zero-order valence-corrected chi connectivity index (χ0v) is 6.11. The van der Waals surface area contributed by atoms with Gasteiger partial charge in [-0.05, 0) is 13.8 Å². The summed E-state index contributed by atoms with van der Waals surface area (Å²) < 4.78 is 0. The minimum Gasteiger partial charge on any atom is -0.481 e. The SMILES string of the molecule is C[C@H](N)[C@@H](O)[C@@H](C)C(=O)O. The summed E-state index contributed by atoms with van der Waals surface area (Å²) in [6, 6.07) is -0.494. The van der Waals surface area contributed by atoms with Gasteiger partial charge in [-0.25, -0.2) is 0 Å². The molecule has 0 aliphatic rings. The van der Waals surface area contributed by atoms with Crippen LogP contribution in [-0.4, -0.2) is 28.3 Å². The minimum atomic E-state index is -1.02. The third-order valence-corrected chi connectivity index (χ3v) is 1.44. The molecule has 60 valence electrons. The Kier molecular flexibility index (Phi) is 3.32. The van der Waals surface area contributed by atoms with Gasteiger partial charge in [0.2, 0.25) is 0 Å². The van der Waals surface area contributed by atoms with E-state index in [1.54, 1.807) is 6.92 Å². The third kappa shape index (κ3) is 2.33. The summed E-state index contributed by atoms with van der Waals surface area (Å²) in [5.41, 5.74) is 5.26. The first-order chi connectivity index (χ1) is 4.46. The van der Waals surface area contributed by atoms with Crippen molar-refractivity contribution >= 4 is 5.97 Å². The van der Waals surface area contributed by atoms with E-state index in [2.05, 4.69) is 0 Å². The Morgan fingerprint density at radius 2 is 1.90 bits per heavy atom. The van der Waals surface area contributed by atoms with Gasteiger partial charge < -0.3 is 15.9 Å². The van der Waals surface area contributed by atoms with Crippen molar-refractivity contribution in [2.24, 2.45) is 11.7 Å². The average molecular weight is 147 g/mol. The molecule has 4 heteroatoms. The molecule has 0 aromatic rings. The summed E-state index contributed by atoms with van der Waals surface area (Å²) >= 11 is 0. The Hall–Kier alpha value is -0.610. The summed E-state index contributed by atoms with van der Waals surface area (Å²) in [6.07, 6.45) is -0.961. The van der Waals surface area contributed by atoms with E-state index in [4.69, 9.17) is 15.9 Å². The predicted octanol–water partition coefficient (Wildman–Crippen LogP) is -0.585. The van der Waals surface area contributed by atoms with Crippen LogP contribution in [0.3, 0.4) is 0 Å². The third-order valence-electron chi connectivity index (χ3n) is 1.44. The van der Waals surface area contributed by atoms with E-state index in [1.165, 1.54) is 6.92 Å². The Labute approximate surface area is 59.7 Å². The van der Waals surface area contributed by atoms with Crippen molar-refractivity contribution in [1.29, 1.82) is 0 Å². The van der Waals surface area contributed by atoms with Gasteiger partial charge in [0.05, 0.1) is 12.0 Å². The van der Waals surface area contributed by atoms with Gasteiger partial charge in [-0.2, -0.15) is 0 Å². The van der Waals surface area contributed by atoms with Crippen LogP contribution in [0.15, 0.2) is 0 Å². The fraction of sp³-hybridized carbons (Fsp3) is 0.833. The van der Waals surface area contributed by atoms with Crippen LogP contribution in [0.25, 0.3) is 0 Å². The van der Waals surface area contributed by atoms with Gasteiger partial charge in [0, 0.05) is 6.04 Å². The fourth-order valence-electron chi connectivity index (χ4n) is 0.601. The van der Waals surface area contributed by atoms with Gasteiger partial charge >= 0.3 is 5.97 Å². The molecule has 0 heterocycles. The highest BCUT2D eigenvalue weighted by Gasteiger charge is 2.23. The van der Waals surface area contributed by atoms with E-state index < -0.39 is 24.0 Å². The molecule has 0 aromatic heterocycles. The standard InChI is InChI=1S/C6H13NO3/c1-3(6(9)10)5(8)4(2)7/h3-5,8H,7H2,1-2H3,(H,9,10)/t3-,4+,5+/m1/s1. The number of hydrogen-bond donors (Lipinski definition) is 3. The van der Waals surface area contributed by atoms with Gasteiger partial charge in [-0.3, -0.25) is 4.79 Å². The molecule has 0 spiro atoms. The summed E-state index contributed by atoms with van der Waals surface area (Å²) in [7, 11) is 0. The second-order valence-electron chi connectivity index (χ2n) is 2.48. The first kappa shape index (κ1) is 9.39. The van der Waals surface area contributed by atoms with Crippen molar-refractivity contribution in [3.8, 4) is 0 Å². The molecular weight excluding hydrogens is 134 g/mol. The molecule has 0 aliphatic carbocycles. The highest BCUT2D eigenvalue weighted by molar-refractivity contribution is 5.70. The van der Waals surface area contributed by atoms with E-state index >= 15 is 0 Å². The second kappa shape index (κ2) is 3.53. The highest BCUT2D eigenvalue weighted by Crippen LogP contribution is 2.05. The van der Waals surface area contributed by atoms with Crippen molar-refractivity contribution in [2.45, 2.75) is 26.0 Å². The fourth-order valence-corrected chi connectivity index (χ4v) is 0.601. The molecular formula is C6H13NO3. The summed E-state index contributed by atoms with van der Waals surface area (Å²) in [4.78, 5) is 10.2. The van der Waals surface area contributed by atoms with Crippen LogP contribution in [0.5, 0.6) is 0 Å². The minimum absolute atomic E-state index is 0.494. The van der Waals surface area contributed by atoms with Crippen LogP contribution in [0.4, 0.5) is 0 Å². The monoisotopic (exact) mass is 147 g/mol. The Balaban J connectivity index is 3.94. The van der Waals surface area contributed by atoms with Crippen LogP contribution in [0.1, 0.15) is 13.8 Å². The number of aliphatic hydroxyl groups excluding tert-OH is 1. The number of hydrogen-bond acceptors (Lipinski definition) is 3. The van der Waals surface area contributed by atoms with Gasteiger partial charge in [0.15, 0.2) is 0 Å². The summed E-state index contributed by atoms with van der Waals surface area (Å²) in [6.45, 7) is 3.00. The molecule has 4 nitrogen and oxygen atoms in total. The van der Waals surface area contributed by atoms with E-state index in [0.29, 0.717) is 0 Å². The molecule has 0 aliphatic heterocycles. The first-order valence-corrected chi connectivity index (χ1v) is 3.13. The Bertz CT molecular complexity index is 124. The smallest absolute Gasteiger partial charge is 0.308 e. The molecule has 0 saturated carbocycles. The van der Waals surface area contributed by atoms with E-state index in [-0.39, 0.29) is 0 Å². The van der Waals surface area contributed by atoms with Crippen LogP contribution >= 0.6 is 0 Å². The lowest BCUT2D eigenvalue weighted by molar-refractivity contribution is -0.145. The number of carbonyl (C=O) groups is 1. The van der Waals surface area contributed by atoms with Crippen molar-refractivity contribution < 1.29 is 15.0 Å². The highest BCUT2D eigenvalue weighted by atomic mass is 16.4. The molecule has 0 amide bonds. The van der Waals surface area contributed by atoms with Gasteiger partial charge in [-0.15, -0.1) is 0 Å². The lowest BCUT2D eigenvalue weighted by Crippen LogP contribution is -2.39. The quantitative estimate of drug-likeness (QED) is 0.498. The van der Waals surface area contributed by atoms with Gasteiger partial charge in [0.25, 0.3) is 0 Å². The van der Waals surface area contributed by atoms with Crippen molar-refractivity contribution in [1.82, 2.24) is 0 Å². The normalized spacial score (nSPS) is 19.6. The molecule has 0 fully saturated rings. The first-order valence-electron chi connectivity index (χ1n) is 3.13. The maximum Gasteiger partial charge on any atom is 0.308 e. The number of aliphatic hydroxyl groups is 1. The lowest BCUT2D eigenvalue weighted by atomic mass is 10.0. The Morgan fingerprint density at radius 3 is 2.00 bits per heavy atom. The van der Waals surface area contributed by atoms with Crippen LogP contribution in [0.2, 0.25) is 0 Å². The van der Waals surface area contributed by atoms with Crippen molar-refractivity contribution in [3.63, 3.8) is 0 Å². The maximum absolute atomic E-state index is 10.2. The largest absolute Gasteiger partial charge is 0.481 e. The predicted molar refractivity (Wildman–Crippen MR) is 36.5 cm³/mol. The van der Waals surface area contributed by atoms with Crippen LogP contribution in [0, 0.1) is 5.92 Å². The lowest BCUT2D eigenvalue weighted by Gasteiger charge is -2.17. The zero-order valence-electron chi connectivity index (χ0n) is 6.11. The molecule has 0 rings (SSSR count). The number of carboxylic acid groups (broad SMARTS) is 1. The molecule has 0 saturated heterocycles. The Morgan fingerprint density at radius 1 is 1.50 bits per heavy atom. The molecule has 4 N–H and O–H groups in total. The van der Waals surface area contributed by atoms with E-state index in [0.717, 1.165) is 0 Å². The number of nitrogens with two attached hydrogens (primary N) is 1. The maximum atomic E-state index is 10.2. The molecule has 0 unspecified atom stereocenters. The van der Waals surface area contributed by atoms with Gasteiger partial charge in [0.1, 0.15) is 0 Å². The van der Waals surface area contributed by atoms with Crippen molar-refractivity contribution in [2.75, 3.05) is 0 Å². The number of aliphatic carboxylic acids is 1. The van der Waals surface area contributed by atoms with Crippen molar-refractivity contribution in [3.05, 3.63) is 0 Å². The average Bonchev–Trinajstić information content (AvgIpc) is 1.84. The topological polar surface area (TPSA) is 83.5 Å². The van der Waals surface area contributed by atoms with Gasteiger partial charge in [-0.1, -0.05) is 0 Å².